The Morgan fingerprint density at radius 2 is 2.11 bits per heavy atom. The lowest BCUT2D eigenvalue weighted by atomic mass is 10.1. The second-order valence-electron chi connectivity index (χ2n) is 5.72. The van der Waals surface area contributed by atoms with Crippen LogP contribution in [0.4, 0.5) is 5.69 Å². The van der Waals surface area contributed by atoms with Crippen LogP contribution in [0.25, 0.3) is 0 Å². The van der Waals surface area contributed by atoms with E-state index in [0.717, 1.165) is 11.1 Å². The first-order valence-corrected chi connectivity index (χ1v) is 8.62. The predicted octanol–water partition coefficient (Wildman–Crippen LogP) is 3.63. The molecule has 0 amide bonds. The van der Waals surface area contributed by atoms with Crippen molar-refractivity contribution < 1.29 is 14.4 Å². The lowest BCUT2D eigenvalue weighted by Gasteiger charge is -2.11. The molecule has 0 aliphatic heterocycles. The highest BCUT2D eigenvalue weighted by molar-refractivity contribution is 7.71. The molecule has 1 heterocycles. The Balaban J connectivity index is 1.84. The van der Waals surface area contributed by atoms with Gasteiger partial charge in [-0.1, -0.05) is 12.1 Å². The second-order valence-corrected chi connectivity index (χ2v) is 6.10. The molecule has 1 aromatic heterocycles. The third-order valence-electron chi connectivity index (χ3n) is 3.88. The molecule has 0 aliphatic carbocycles. The maximum Gasteiger partial charge on any atom is 0.310 e. The number of ether oxygens (including phenoxy) is 2. The van der Waals surface area contributed by atoms with Gasteiger partial charge in [-0.05, 0) is 49.0 Å². The van der Waals surface area contributed by atoms with E-state index in [2.05, 4.69) is 15.3 Å². The fourth-order valence-corrected chi connectivity index (χ4v) is 2.73. The molecule has 0 radical (unpaired) electrons. The van der Waals surface area contributed by atoms with Crippen LogP contribution in [0.3, 0.4) is 0 Å². The van der Waals surface area contributed by atoms with E-state index >= 15 is 0 Å². The van der Waals surface area contributed by atoms with Crippen LogP contribution in [0, 0.1) is 21.8 Å². The number of nitrogens with zero attached hydrogens (tertiary/aromatic N) is 4. The van der Waals surface area contributed by atoms with Crippen LogP contribution in [0.5, 0.6) is 11.5 Å². The highest BCUT2D eigenvalue weighted by atomic mass is 32.1. The molecule has 3 rings (SSSR count). The molecule has 3 aromatic rings. The van der Waals surface area contributed by atoms with Crippen LogP contribution in [0.2, 0.25) is 0 Å². The van der Waals surface area contributed by atoms with Crippen LogP contribution in [-0.2, 0) is 6.61 Å². The molecule has 0 fully saturated rings. The summed E-state index contributed by atoms with van der Waals surface area (Å²) in [5, 5.41) is 22.1. The molecule has 10 heteroatoms. The number of aryl methyl sites for hydroxylation is 1. The largest absolute Gasteiger partial charge is 0.496 e. The first-order chi connectivity index (χ1) is 13.5. The van der Waals surface area contributed by atoms with Crippen LogP contribution < -0.4 is 9.47 Å². The van der Waals surface area contributed by atoms with E-state index in [1.54, 1.807) is 44.5 Å². The molecule has 2 aromatic carbocycles. The number of hydrogen-bond donors (Lipinski definition) is 1. The normalized spacial score (nSPS) is 10.9. The lowest BCUT2D eigenvalue weighted by Crippen LogP contribution is -2.02. The Morgan fingerprint density at radius 3 is 2.79 bits per heavy atom. The van der Waals surface area contributed by atoms with Crippen LogP contribution in [-0.4, -0.2) is 33.1 Å². The third-order valence-corrected chi connectivity index (χ3v) is 4.15. The minimum Gasteiger partial charge on any atom is -0.496 e. The molecule has 0 bridgehead atoms. The summed E-state index contributed by atoms with van der Waals surface area (Å²) in [4.78, 5) is 10.6. The Bertz CT molecular complexity index is 1090. The van der Waals surface area contributed by atoms with Gasteiger partial charge in [-0.25, -0.2) is 0 Å². The average Bonchev–Trinajstić information content (AvgIpc) is 3.02. The maximum atomic E-state index is 11.1. The van der Waals surface area contributed by atoms with E-state index in [1.165, 1.54) is 10.7 Å². The van der Waals surface area contributed by atoms with Gasteiger partial charge in [-0.3, -0.25) is 15.2 Å². The van der Waals surface area contributed by atoms with Crippen molar-refractivity contribution in [3.05, 3.63) is 74.3 Å². The summed E-state index contributed by atoms with van der Waals surface area (Å²) >= 11 is 5.12. The number of hydrogen-bond acceptors (Lipinski definition) is 7. The van der Waals surface area contributed by atoms with E-state index in [4.69, 9.17) is 21.7 Å². The van der Waals surface area contributed by atoms with Gasteiger partial charge in [0.25, 0.3) is 0 Å². The number of aromatic amines is 1. The van der Waals surface area contributed by atoms with Crippen molar-refractivity contribution >= 4 is 24.1 Å². The van der Waals surface area contributed by atoms with Gasteiger partial charge < -0.3 is 9.47 Å². The molecule has 0 atom stereocenters. The topological polar surface area (TPSA) is 108 Å². The van der Waals surface area contributed by atoms with Crippen molar-refractivity contribution in [2.45, 2.75) is 13.5 Å². The summed E-state index contributed by atoms with van der Waals surface area (Å²) in [6.45, 7) is 1.88. The molecular weight excluding hydrogens is 382 g/mol. The molecule has 0 saturated carbocycles. The van der Waals surface area contributed by atoms with E-state index in [-0.39, 0.29) is 18.0 Å². The number of aromatic nitrogens is 3. The van der Waals surface area contributed by atoms with Gasteiger partial charge >= 0.3 is 5.69 Å². The van der Waals surface area contributed by atoms with Crippen LogP contribution in [0.1, 0.15) is 17.0 Å². The van der Waals surface area contributed by atoms with Crippen molar-refractivity contribution in [1.29, 1.82) is 0 Å². The number of nitro benzene ring substituents is 1. The van der Waals surface area contributed by atoms with Crippen molar-refractivity contribution in [3.8, 4) is 11.5 Å². The predicted molar refractivity (Wildman–Crippen MR) is 106 cm³/mol. The van der Waals surface area contributed by atoms with Crippen molar-refractivity contribution in [3.63, 3.8) is 0 Å². The maximum absolute atomic E-state index is 11.1. The highest BCUT2D eigenvalue weighted by Crippen LogP contribution is 2.28. The number of para-hydroxylation sites is 2. The van der Waals surface area contributed by atoms with Gasteiger partial charge in [0.2, 0.25) is 4.77 Å². The quantitative estimate of drug-likeness (QED) is 0.281. The fourth-order valence-electron chi connectivity index (χ4n) is 2.51. The first kappa shape index (κ1) is 19.2. The van der Waals surface area contributed by atoms with E-state index in [9.17, 15) is 10.1 Å². The molecular formula is C18H17N5O4S. The summed E-state index contributed by atoms with van der Waals surface area (Å²) in [6, 6.07) is 11.7. The second kappa shape index (κ2) is 8.44. The van der Waals surface area contributed by atoms with E-state index in [1.807, 2.05) is 12.1 Å². The Morgan fingerprint density at radius 1 is 1.32 bits per heavy atom. The Labute approximate surface area is 165 Å². The standard InChI is InChI=1S/C18H17N5O4S/c1-12-20-21-18(28)22(12)19-10-13-7-8-16(26-2)14(9-13)11-27-17-6-4-3-5-15(17)23(24)25/h3-10H,11H2,1-2H3,(H,21,28)/b19-10+. The zero-order chi connectivity index (χ0) is 20.1. The number of methoxy groups -OCH3 is 1. The third kappa shape index (κ3) is 4.23. The number of nitrogens with one attached hydrogen (secondary N) is 1. The van der Waals surface area contributed by atoms with Gasteiger partial charge in [-0.2, -0.15) is 14.9 Å². The summed E-state index contributed by atoms with van der Waals surface area (Å²) in [7, 11) is 1.55. The number of rotatable bonds is 7. The van der Waals surface area contributed by atoms with Gasteiger partial charge in [0.1, 0.15) is 18.2 Å². The Kier molecular flexibility index (Phi) is 5.80. The zero-order valence-corrected chi connectivity index (χ0v) is 16.0. The number of H-pyrrole nitrogens is 1. The number of nitro groups is 1. The SMILES string of the molecule is COc1ccc(/C=N/n2c(C)n[nH]c2=S)cc1COc1ccccc1[N+](=O)[O-]. The van der Waals surface area contributed by atoms with Gasteiger partial charge in [0, 0.05) is 11.6 Å². The van der Waals surface area contributed by atoms with Crippen molar-refractivity contribution in [2.24, 2.45) is 5.10 Å². The molecule has 9 nitrogen and oxygen atoms in total. The summed E-state index contributed by atoms with van der Waals surface area (Å²) < 4.78 is 12.9. The van der Waals surface area contributed by atoms with E-state index in [0.29, 0.717) is 16.3 Å². The summed E-state index contributed by atoms with van der Waals surface area (Å²) in [5.74, 6) is 1.43. The molecule has 0 unspecified atom stereocenters. The minimum absolute atomic E-state index is 0.0935. The van der Waals surface area contributed by atoms with E-state index < -0.39 is 4.92 Å². The van der Waals surface area contributed by atoms with Crippen molar-refractivity contribution in [2.75, 3.05) is 7.11 Å². The number of benzene rings is 2. The molecule has 0 spiro atoms. The lowest BCUT2D eigenvalue weighted by molar-refractivity contribution is -0.385. The van der Waals surface area contributed by atoms with Gasteiger partial charge in [0.05, 0.1) is 18.2 Å². The molecule has 0 saturated heterocycles. The molecule has 144 valence electrons. The Hall–Kier alpha value is -3.53. The molecule has 28 heavy (non-hydrogen) atoms. The van der Waals surface area contributed by atoms with Crippen LogP contribution in [0.15, 0.2) is 47.6 Å². The zero-order valence-electron chi connectivity index (χ0n) is 15.2. The highest BCUT2D eigenvalue weighted by Gasteiger charge is 2.14. The van der Waals surface area contributed by atoms with Crippen LogP contribution >= 0.6 is 12.2 Å². The molecule has 0 aliphatic rings. The summed E-state index contributed by atoms with van der Waals surface area (Å²) in [5.41, 5.74) is 1.41. The minimum atomic E-state index is -0.480. The first-order valence-electron chi connectivity index (χ1n) is 8.21. The fraction of sp³-hybridized carbons (Fsp3) is 0.167. The van der Waals surface area contributed by atoms with Gasteiger partial charge in [0.15, 0.2) is 5.75 Å². The van der Waals surface area contributed by atoms with Crippen molar-refractivity contribution in [1.82, 2.24) is 14.9 Å². The monoisotopic (exact) mass is 399 g/mol. The smallest absolute Gasteiger partial charge is 0.310 e. The molecule has 1 N–H and O–H groups in total. The van der Waals surface area contributed by atoms with Gasteiger partial charge in [-0.15, -0.1) is 0 Å². The average molecular weight is 399 g/mol. The summed E-state index contributed by atoms with van der Waals surface area (Å²) in [6.07, 6.45) is 1.63.